The molecule has 104 valence electrons. The molecule has 1 aromatic carbocycles. The summed E-state index contributed by atoms with van der Waals surface area (Å²) in [5.41, 5.74) is 4.42. The number of hydrogen-bond donors (Lipinski definition) is 1. The predicted molar refractivity (Wildman–Crippen MR) is 77.4 cm³/mol. The van der Waals surface area contributed by atoms with Crippen LogP contribution in [0.15, 0.2) is 29.4 Å². The Labute approximate surface area is 114 Å². The van der Waals surface area contributed by atoms with Crippen LogP contribution in [0.4, 0.5) is 0 Å². The van der Waals surface area contributed by atoms with Gasteiger partial charge in [-0.2, -0.15) is 5.10 Å². The topological polar surface area (TPSA) is 50.7 Å². The molecule has 0 atom stereocenters. The maximum Gasteiger partial charge on any atom is 0.277 e. The number of hydrogen-bond acceptors (Lipinski definition) is 3. The van der Waals surface area contributed by atoms with Gasteiger partial charge in [0, 0.05) is 11.1 Å². The molecule has 19 heavy (non-hydrogen) atoms. The summed E-state index contributed by atoms with van der Waals surface area (Å²) in [5.74, 6) is 0.428. The van der Waals surface area contributed by atoms with Gasteiger partial charge in [-0.1, -0.05) is 32.9 Å². The lowest BCUT2D eigenvalue weighted by atomic mass is 9.91. The van der Waals surface area contributed by atoms with Crippen molar-refractivity contribution in [3.63, 3.8) is 0 Å². The third-order valence-electron chi connectivity index (χ3n) is 2.79. The summed E-state index contributed by atoms with van der Waals surface area (Å²) >= 11 is 0. The molecule has 0 saturated heterocycles. The van der Waals surface area contributed by atoms with Crippen molar-refractivity contribution in [1.29, 1.82) is 0 Å². The summed E-state index contributed by atoms with van der Waals surface area (Å²) in [6.45, 7) is 9.96. The van der Waals surface area contributed by atoms with Gasteiger partial charge in [-0.05, 0) is 31.5 Å². The van der Waals surface area contributed by atoms with Gasteiger partial charge in [-0.15, -0.1) is 0 Å². The average Bonchev–Trinajstić information content (AvgIpc) is 2.32. The summed E-state index contributed by atoms with van der Waals surface area (Å²) < 4.78 is 5.39. The van der Waals surface area contributed by atoms with E-state index in [4.69, 9.17) is 4.74 Å². The van der Waals surface area contributed by atoms with Crippen molar-refractivity contribution >= 4 is 11.6 Å². The minimum Gasteiger partial charge on any atom is -0.484 e. The molecule has 1 aromatic rings. The minimum atomic E-state index is -0.259. The standard InChI is InChI=1S/C15H22N2O2/c1-11-7-6-8-13(9-11)19-10-14(18)17-16-12(2)15(3,4)5/h6-9H,10H2,1-5H3,(H,17,18)/b16-12+. The fourth-order valence-corrected chi connectivity index (χ4v) is 1.20. The van der Waals surface area contributed by atoms with E-state index in [0.29, 0.717) is 5.75 Å². The summed E-state index contributed by atoms with van der Waals surface area (Å²) in [4.78, 5) is 11.6. The lowest BCUT2D eigenvalue weighted by Crippen LogP contribution is -2.28. The molecule has 0 radical (unpaired) electrons. The van der Waals surface area contributed by atoms with Gasteiger partial charge in [0.05, 0.1) is 0 Å². The first kappa shape index (κ1) is 15.2. The van der Waals surface area contributed by atoms with Crippen molar-refractivity contribution in [1.82, 2.24) is 5.43 Å². The second kappa shape index (κ2) is 6.36. The third kappa shape index (κ3) is 5.55. The van der Waals surface area contributed by atoms with E-state index in [1.54, 1.807) is 0 Å². The average molecular weight is 262 g/mol. The SMILES string of the molecule is C/C(=N\NC(=O)COc1cccc(C)c1)C(C)(C)C. The van der Waals surface area contributed by atoms with E-state index < -0.39 is 0 Å². The maximum absolute atomic E-state index is 11.6. The first-order valence-corrected chi connectivity index (χ1v) is 6.32. The highest BCUT2D eigenvalue weighted by atomic mass is 16.5. The van der Waals surface area contributed by atoms with E-state index in [1.165, 1.54) is 0 Å². The first-order valence-electron chi connectivity index (χ1n) is 6.32. The van der Waals surface area contributed by atoms with E-state index in [0.717, 1.165) is 11.3 Å². The van der Waals surface area contributed by atoms with Crippen LogP contribution in [0.2, 0.25) is 0 Å². The number of carbonyl (C=O) groups excluding carboxylic acids is 1. The molecule has 0 aliphatic rings. The molecular formula is C15H22N2O2. The van der Waals surface area contributed by atoms with Gasteiger partial charge >= 0.3 is 0 Å². The minimum absolute atomic E-state index is 0.0373. The van der Waals surface area contributed by atoms with E-state index in [-0.39, 0.29) is 17.9 Å². The van der Waals surface area contributed by atoms with E-state index in [9.17, 15) is 4.79 Å². The second-order valence-corrected chi connectivity index (χ2v) is 5.59. The van der Waals surface area contributed by atoms with Gasteiger partial charge in [0.25, 0.3) is 5.91 Å². The van der Waals surface area contributed by atoms with E-state index >= 15 is 0 Å². The molecule has 0 aliphatic carbocycles. The molecule has 0 heterocycles. The Hall–Kier alpha value is -1.84. The zero-order valence-corrected chi connectivity index (χ0v) is 12.3. The monoisotopic (exact) mass is 262 g/mol. The molecule has 4 nitrogen and oxygen atoms in total. The number of rotatable bonds is 4. The Morgan fingerprint density at radius 2 is 2.05 bits per heavy atom. The number of hydrazone groups is 1. The second-order valence-electron chi connectivity index (χ2n) is 5.59. The Kier molecular flexibility index (Phi) is 5.10. The molecule has 0 unspecified atom stereocenters. The van der Waals surface area contributed by atoms with Crippen molar-refractivity contribution in [2.75, 3.05) is 6.61 Å². The Morgan fingerprint density at radius 3 is 2.63 bits per heavy atom. The van der Waals surface area contributed by atoms with Gasteiger partial charge < -0.3 is 4.74 Å². The fourth-order valence-electron chi connectivity index (χ4n) is 1.20. The highest BCUT2D eigenvalue weighted by molar-refractivity contribution is 5.88. The Morgan fingerprint density at radius 1 is 1.37 bits per heavy atom. The highest BCUT2D eigenvalue weighted by Crippen LogP contribution is 2.15. The zero-order valence-electron chi connectivity index (χ0n) is 12.3. The van der Waals surface area contributed by atoms with Crippen LogP contribution >= 0.6 is 0 Å². The molecule has 0 aliphatic heterocycles. The lowest BCUT2D eigenvalue weighted by Gasteiger charge is -2.17. The Bertz CT molecular complexity index is 473. The molecule has 0 spiro atoms. The molecule has 0 saturated carbocycles. The molecule has 0 aromatic heterocycles. The van der Waals surface area contributed by atoms with Crippen molar-refractivity contribution in [3.05, 3.63) is 29.8 Å². The summed E-state index contributed by atoms with van der Waals surface area (Å²) in [5, 5.41) is 4.06. The van der Waals surface area contributed by atoms with E-state index in [2.05, 4.69) is 10.5 Å². The molecule has 0 fully saturated rings. The summed E-state index contributed by atoms with van der Waals surface area (Å²) in [7, 11) is 0. The number of benzene rings is 1. The molecule has 0 bridgehead atoms. The van der Waals surface area contributed by atoms with Crippen molar-refractivity contribution in [3.8, 4) is 5.75 Å². The maximum atomic E-state index is 11.6. The zero-order chi connectivity index (χ0) is 14.5. The van der Waals surface area contributed by atoms with Gasteiger partial charge in [-0.25, -0.2) is 5.43 Å². The molecule has 1 amide bonds. The van der Waals surface area contributed by atoms with Crippen LogP contribution < -0.4 is 10.2 Å². The fraction of sp³-hybridized carbons (Fsp3) is 0.467. The normalized spacial score (nSPS) is 12.2. The van der Waals surface area contributed by atoms with Crippen LogP contribution in [-0.4, -0.2) is 18.2 Å². The number of nitrogens with zero attached hydrogens (tertiary/aromatic N) is 1. The quantitative estimate of drug-likeness (QED) is 0.670. The highest BCUT2D eigenvalue weighted by Gasteiger charge is 2.14. The van der Waals surface area contributed by atoms with Crippen molar-refractivity contribution in [2.24, 2.45) is 10.5 Å². The Balaban J connectivity index is 2.45. The van der Waals surface area contributed by atoms with Crippen LogP contribution in [-0.2, 0) is 4.79 Å². The number of aryl methyl sites for hydroxylation is 1. The molecular weight excluding hydrogens is 240 g/mol. The van der Waals surface area contributed by atoms with Crippen molar-refractivity contribution in [2.45, 2.75) is 34.6 Å². The number of ether oxygens (including phenoxy) is 1. The van der Waals surface area contributed by atoms with E-state index in [1.807, 2.05) is 58.9 Å². The summed E-state index contributed by atoms with van der Waals surface area (Å²) in [6, 6.07) is 7.58. The van der Waals surface area contributed by atoms with Crippen LogP contribution in [0.5, 0.6) is 5.75 Å². The van der Waals surface area contributed by atoms with Crippen LogP contribution in [0.25, 0.3) is 0 Å². The van der Waals surface area contributed by atoms with Crippen molar-refractivity contribution < 1.29 is 9.53 Å². The molecule has 4 heteroatoms. The number of nitrogens with one attached hydrogen (secondary N) is 1. The lowest BCUT2D eigenvalue weighted by molar-refractivity contribution is -0.123. The summed E-state index contributed by atoms with van der Waals surface area (Å²) in [6.07, 6.45) is 0. The van der Waals surface area contributed by atoms with Gasteiger partial charge in [0.15, 0.2) is 6.61 Å². The third-order valence-corrected chi connectivity index (χ3v) is 2.79. The number of amides is 1. The van der Waals surface area contributed by atoms with Crippen LogP contribution in [0.3, 0.4) is 0 Å². The number of carbonyl (C=O) groups is 1. The van der Waals surface area contributed by atoms with Gasteiger partial charge in [0.1, 0.15) is 5.75 Å². The molecule has 1 rings (SSSR count). The first-order chi connectivity index (χ1) is 8.79. The largest absolute Gasteiger partial charge is 0.484 e. The van der Waals surface area contributed by atoms with Gasteiger partial charge in [-0.3, -0.25) is 4.79 Å². The van der Waals surface area contributed by atoms with Crippen LogP contribution in [0.1, 0.15) is 33.3 Å². The molecule has 1 N–H and O–H groups in total. The van der Waals surface area contributed by atoms with Gasteiger partial charge in [0.2, 0.25) is 0 Å². The van der Waals surface area contributed by atoms with Crippen LogP contribution in [0, 0.1) is 12.3 Å². The predicted octanol–water partition coefficient (Wildman–Crippen LogP) is 2.91. The smallest absolute Gasteiger partial charge is 0.277 e.